The number of thioether (sulfide) groups is 1. The van der Waals surface area contributed by atoms with Crippen LogP contribution in [0.2, 0.25) is 0 Å². The van der Waals surface area contributed by atoms with E-state index in [1.54, 1.807) is 0 Å². The zero-order chi connectivity index (χ0) is 11.3. The number of rotatable bonds is 5. The van der Waals surface area contributed by atoms with Gasteiger partial charge in [0, 0.05) is 10.1 Å². The molecule has 0 aliphatic heterocycles. The fourth-order valence-corrected chi connectivity index (χ4v) is 2.47. The Morgan fingerprint density at radius 3 is 2.20 bits per heavy atom. The Hall–Kier alpha value is -0.470. The van der Waals surface area contributed by atoms with E-state index in [-0.39, 0.29) is 0 Å². The van der Waals surface area contributed by atoms with Gasteiger partial charge in [0.25, 0.3) is 0 Å². The van der Waals surface area contributed by atoms with Gasteiger partial charge in [0.15, 0.2) is 0 Å². The lowest BCUT2D eigenvalue weighted by Crippen LogP contribution is -2.06. The first-order valence-electron chi connectivity index (χ1n) is 5.60. The summed E-state index contributed by atoms with van der Waals surface area (Å²) in [6.07, 6.45) is 1.08. The molecule has 0 aliphatic carbocycles. The molecule has 1 nitrogen and oxygen atoms in total. The maximum atomic E-state index is 5.53. The lowest BCUT2D eigenvalue weighted by Gasteiger charge is -2.11. The number of nitrogens with two attached hydrogens (primary N) is 1. The van der Waals surface area contributed by atoms with Gasteiger partial charge in [-0.2, -0.15) is 0 Å². The van der Waals surface area contributed by atoms with Crippen LogP contribution < -0.4 is 5.73 Å². The van der Waals surface area contributed by atoms with Crippen molar-refractivity contribution in [3.63, 3.8) is 0 Å². The maximum Gasteiger partial charge on any atom is 0.00780 e. The van der Waals surface area contributed by atoms with Crippen molar-refractivity contribution in [2.75, 3.05) is 6.54 Å². The van der Waals surface area contributed by atoms with E-state index in [4.69, 9.17) is 5.73 Å². The van der Waals surface area contributed by atoms with E-state index in [2.05, 4.69) is 45.0 Å². The Balaban J connectivity index is 2.56. The molecule has 0 aliphatic rings. The Morgan fingerprint density at radius 1 is 1.13 bits per heavy atom. The van der Waals surface area contributed by atoms with Gasteiger partial charge in [0.2, 0.25) is 0 Å². The third kappa shape index (κ3) is 4.27. The molecular formula is C13H21NS. The van der Waals surface area contributed by atoms with Crippen LogP contribution in [-0.2, 0) is 0 Å². The van der Waals surface area contributed by atoms with Crippen molar-refractivity contribution >= 4 is 11.8 Å². The molecule has 0 aromatic heterocycles. The molecule has 0 radical (unpaired) electrons. The lowest BCUT2D eigenvalue weighted by molar-refractivity contribution is 0.823. The van der Waals surface area contributed by atoms with Crippen LogP contribution >= 0.6 is 11.8 Å². The monoisotopic (exact) mass is 223 g/mol. The highest BCUT2D eigenvalue weighted by Gasteiger charge is 2.04. The van der Waals surface area contributed by atoms with E-state index >= 15 is 0 Å². The van der Waals surface area contributed by atoms with Crippen LogP contribution in [0.1, 0.15) is 38.7 Å². The van der Waals surface area contributed by atoms with Gasteiger partial charge in [-0.25, -0.2) is 0 Å². The molecule has 0 amide bonds. The summed E-state index contributed by atoms with van der Waals surface area (Å²) < 4.78 is 0. The van der Waals surface area contributed by atoms with Gasteiger partial charge >= 0.3 is 0 Å². The molecule has 1 atom stereocenters. The topological polar surface area (TPSA) is 26.0 Å². The van der Waals surface area contributed by atoms with E-state index in [0.29, 0.717) is 11.2 Å². The van der Waals surface area contributed by atoms with Gasteiger partial charge in [-0.05, 0) is 36.6 Å². The molecule has 0 saturated carbocycles. The van der Waals surface area contributed by atoms with Crippen LogP contribution in [0.25, 0.3) is 0 Å². The second-order valence-electron chi connectivity index (χ2n) is 4.23. The highest BCUT2D eigenvalue weighted by atomic mass is 32.2. The van der Waals surface area contributed by atoms with E-state index in [1.165, 1.54) is 10.5 Å². The molecule has 15 heavy (non-hydrogen) atoms. The van der Waals surface area contributed by atoms with Crippen molar-refractivity contribution in [3.8, 4) is 0 Å². The Labute approximate surface area is 97.4 Å². The SMILES string of the molecule is CC(CCN)Sc1ccc(C(C)C)cc1. The van der Waals surface area contributed by atoms with E-state index in [9.17, 15) is 0 Å². The van der Waals surface area contributed by atoms with Crippen molar-refractivity contribution < 1.29 is 0 Å². The molecule has 1 aromatic carbocycles. The van der Waals surface area contributed by atoms with Crippen molar-refractivity contribution in [1.82, 2.24) is 0 Å². The Bertz CT molecular complexity index is 279. The number of benzene rings is 1. The van der Waals surface area contributed by atoms with Gasteiger partial charge in [-0.1, -0.05) is 32.9 Å². The minimum atomic E-state index is 0.611. The normalized spacial score (nSPS) is 13.1. The second-order valence-corrected chi connectivity index (χ2v) is 5.74. The largest absolute Gasteiger partial charge is 0.330 e. The first-order valence-corrected chi connectivity index (χ1v) is 6.48. The molecule has 1 aromatic rings. The predicted octanol–water partition coefficient (Wildman–Crippen LogP) is 3.64. The van der Waals surface area contributed by atoms with Gasteiger partial charge < -0.3 is 5.73 Å². The van der Waals surface area contributed by atoms with Crippen LogP contribution in [0.3, 0.4) is 0 Å². The predicted molar refractivity (Wildman–Crippen MR) is 69.5 cm³/mol. The summed E-state index contributed by atoms with van der Waals surface area (Å²) in [7, 11) is 0. The molecule has 0 fully saturated rings. The summed E-state index contributed by atoms with van der Waals surface area (Å²) in [5.74, 6) is 0.616. The standard InChI is InChI=1S/C13H21NS/c1-10(2)12-4-6-13(7-5-12)15-11(3)8-9-14/h4-7,10-11H,8-9,14H2,1-3H3. The Morgan fingerprint density at radius 2 is 1.73 bits per heavy atom. The second kappa shape index (κ2) is 6.19. The summed E-state index contributed by atoms with van der Waals surface area (Å²) in [5.41, 5.74) is 6.94. The molecule has 1 unspecified atom stereocenters. The molecule has 1 rings (SSSR count). The minimum Gasteiger partial charge on any atom is -0.330 e. The zero-order valence-electron chi connectivity index (χ0n) is 9.86. The average Bonchev–Trinajstić information content (AvgIpc) is 2.18. The van der Waals surface area contributed by atoms with Crippen molar-refractivity contribution in [1.29, 1.82) is 0 Å². The molecular weight excluding hydrogens is 202 g/mol. The highest BCUT2D eigenvalue weighted by molar-refractivity contribution is 7.99. The van der Waals surface area contributed by atoms with E-state index in [0.717, 1.165) is 13.0 Å². The number of hydrogen-bond donors (Lipinski definition) is 1. The first-order chi connectivity index (χ1) is 7.13. The average molecular weight is 223 g/mol. The van der Waals surface area contributed by atoms with Crippen LogP contribution in [-0.4, -0.2) is 11.8 Å². The van der Waals surface area contributed by atoms with Crippen LogP contribution in [0.4, 0.5) is 0 Å². The lowest BCUT2D eigenvalue weighted by atomic mass is 10.0. The molecule has 2 N–H and O–H groups in total. The van der Waals surface area contributed by atoms with Crippen LogP contribution in [0.15, 0.2) is 29.2 Å². The smallest absolute Gasteiger partial charge is 0.00780 e. The highest BCUT2D eigenvalue weighted by Crippen LogP contribution is 2.26. The Kier molecular flexibility index (Phi) is 5.20. The summed E-state index contributed by atoms with van der Waals surface area (Å²) in [6.45, 7) is 7.45. The maximum absolute atomic E-state index is 5.53. The molecule has 0 saturated heterocycles. The van der Waals surface area contributed by atoms with E-state index in [1.807, 2.05) is 11.8 Å². The first kappa shape index (κ1) is 12.6. The molecule has 0 bridgehead atoms. The number of hydrogen-bond acceptors (Lipinski definition) is 2. The molecule has 0 spiro atoms. The third-order valence-corrected chi connectivity index (χ3v) is 3.64. The van der Waals surface area contributed by atoms with Crippen molar-refractivity contribution in [3.05, 3.63) is 29.8 Å². The molecule has 0 heterocycles. The summed E-state index contributed by atoms with van der Waals surface area (Å²) in [5, 5.41) is 0.611. The third-order valence-electron chi connectivity index (χ3n) is 2.46. The van der Waals surface area contributed by atoms with Gasteiger partial charge in [-0.3, -0.25) is 0 Å². The summed E-state index contributed by atoms with van der Waals surface area (Å²) >= 11 is 1.91. The summed E-state index contributed by atoms with van der Waals surface area (Å²) in [6, 6.07) is 8.88. The van der Waals surface area contributed by atoms with Gasteiger partial charge in [0.1, 0.15) is 0 Å². The van der Waals surface area contributed by atoms with E-state index < -0.39 is 0 Å². The van der Waals surface area contributed by atoms with Crippen LogP contribution in [0, 0.1) is 0 Å². The van der Waals surface area contributed by atoms with Crippen molar-refractivity contribution in [2.24, 2.45) is 5.73 Å². The van der Waals surface area contributed by atoms with Gasteiger partial charge in [-0.15, -0.1) is 11.8 Å². The quantitative estimate of drug-likeness (QED) is 0.771. The van der Waals surface area contributed by atoms with Crippen molar-refractivity contribution in [2.45, 2.75) is 43.3 Å². The summed E-state index contributed by atoms with van der Waals surface area (Å²) in [4.78, 5) is 1.35. The van der Waals surface area contributed by atoms with Gasteiger partial charge in [0.05, 0.1) is 0 Å². The molecule has 2 heteroatoms. The molecule has 84 valence electrons. The minimum absolute atomic E-state index is 0.611. The fraction of sp³-hybridized carbons (Fsp3) is 0.538. The van der Waals surface area contributed by atoms with Crippen LogP contribution in [0.5, 0.6) is 0 Å². The zero-order valence-corrected chi connectivity index (χ0v) is 10.7. The fourth-order valence-electron chi connectivity index (χ4n) is 1.46.